The summed E-state index contributed by atoms with van der Waals surface area (Å²) < 4.78 is 5.46. The van der Waals surface area contributed by atoms with E-state index in [0.717, 1.165) is 11.3 Å². The second kappa shape index (κ2) is 4.20. The van der Waals surface area contributed by atoms with Gasteiger partial charge in [0.1, 0.15) is 5.75 Å². The van der Waals surface area contributed by atoms with Crippen molar-refractivity contribution in [2.24, 2.45) is 0 Å². The summed E-state index contributed by atoms with van der Waals surface area (Å²) in [6, 6.07) is 3.56. The fourth-order valence-electron chi connectivity index (χ4n) is 1.93. The van der Waals surface area contributed by atoms with Crippen LogP contribution in [-0.2, 0) is 4.79 Å². The number of hydrogen-bond donors (Lipinski definition) is 0. The summed E-state index contributed by atoms with van der Waals surface area (Å²) >= 11 is 0. The summed E-state index contributed by atoms with van der Waals surface area (Å²) in [5, 5.41) is 0. The predicted molar refractivity (Wildman–Crippen MR) is 64.7 cm³/mol. The Labute approximate surface area is 100 Å². The number of benzene rings is 1. The summed E-state index contributed by atoms with van der Waals surface area (Å²) in [6.45, 7) is 3.81. The first-order valence-electron chi connectivity index (χ1n) is 5.55. The van der Waals surface area contributed by atoms with Crippen LogP contribution in [0.3, 0.4) is 0 Å². The summed E-state index contributed by atoms with van der Waals surface area (Å²) in [6.07, 6.45) is 0.425. The Morgan fingerprint density at radius 3 is 2.76 bits per heavy atom. The van der Waals surface area contributed by atoms with Crippen LogP contribution in [0.5, 0.6) is 5.75 Å². The maximum Gasteiger partial charge on any atom is 0.223 e. The molecule has 1 amide bonds. The third-order valence-corrected chi connectivity index (χ3v) is 3.02. The molecule has 0 fully saturated rings. The van der Waals surface area contributed by atoms with E-state index in [1.165, 1.54) is 6.92 Å². The van der Waals surface area contributed by atoms with Crippen LogP contribution in [0.1, 0.15) is 29.3 Å². The molecule has 0 spiro atoms. The Balaban J connectivity index is 2.50. The van der Waals surface area contributed by atoms with Crippen molar-refractivity contribution in [2.45, 2.75) is 20.3 Å². The van der Waals surface area contributed by atoms with Gasteiger partial charge >= 0.3 is 0 Å². The summed E-state index contributed by atoms with van der Waals surface area (Å²) in [4.78, 5) is 24.6. The lowest BCUT2D eigenvalue weighted by Gasteiger charge is -2.22. The fourth-order valence-corrected chi connectivity index (χ4v) is 1.93. The molecule has 0 aromatic heterocycles. The van der Waals surface area contributed by atoms with Gasteiger partial charge in [-0.05, 0) is 18.6 Å². The van der Waals surface area contributed by atoms with Crippen LogP contribution in [0.25, 0.3) is 0 Å². The van der Waals surface area contributed by atoms with Crippen molar-refractivity contribution in [2.75, 3.05) is 18.6 Å². The van der Waals surface area contributed by atoms with E-state index in [1.807, 2.05) is 6.92 Å². The van der Waals surface area contributed by atoms with Gasteiger partial charge in [-0.1, -0.05) is 0 Å². The molecule has 1 aromatic carbocycles. The molecule has 0 atom stereocenters. The zero-order valence-electron chi connectivity index (χ0n) is 10.2. The van der Waals surface area contributed by atoms with Crippen LogP contribution in [0.4, 0.5) is 5.69 Å². The zero-order chi connectivity index (χ0) is 12.6. The lowest BCUT2D eigenvalue weighted by atomic mass is 10.0. The second-order valence-corrected chi connectivity index (χ2v) is 4.23. The standard InChI is InChI=1S/C13H15NO3/c1-8-6-10-12(16)4-5-17-13(10)7-11(8)14(3)9(2)15/h6-7H,4-5H2,1-3H3. The average Bonchev–Trinajstić information content (AvgIpc) is 2.28. The molecule has 0 bridgehead atoms. The molecular formula is C13H15NO3. The predicted octanol–water partition coefficient (Wildman–Crippen LogP) is 1.94. The highest BCUT2D eigenvalue weighted by Gasteiger charge is 2.21. The third-order valence-electron chi connectivity index (χ3n) is 3.02. The average molecular weight is 233 g/mol. The van der Waals surface area contributed by atoms with Crippen molar-refractivity contribution in [1.82, 2.24) is 0 Å². The van der Waals surface area contributed by atoms with Gasteiger partial charge in [0.15, 0.2) is 5.78 Å². The van der Waals surface area contributed by atoms with Gasteiger partial charge in [0.2, 0.25) is 5.91 Å². The number of rotatable bonds is 1. The SMILES string of the molecule is CC(=O)N(C)c1cc2c(cc1C)C(=O)CCO2. The Kier molecular flexibility index (Phi) is 2.88. The number of amides is 1. The van der Waals surface area contributed by atoms with Crippen molar-refractivity contribution in [3.8, 4) is 5.75 Å². The Hall–Kier alpha value is -1.84. The fraction of sp³-hybridized carbons (Fsp3) is 0.385. The number of carbonyl (C=O) groups excluding carboxylic acids is 2. The molecule has 1 aliphatic heterocycles. The van der Waals surface area contributed by atoms with Crippen molar-refractivity contribution < 1.29 is 14.3 Å². The first kappa shape index (κ1) is 11.6. The van der Waals surface area contributed by atoms with Gasteiger partial charge in [-0.15, -0.1) is 0 Å². The summed E-state index contributed by atoms with van der Waals surface area (Å²) in [5.74, 6) is 0.636. The van der Waals surface area contributed by atoms with Crippen LogP contribution in [0.2, 0.25) is 0 Å². The van der Waals surface area contributed by atoms with E-state index in [4.69, 9.17) is 4.74 Å². The van der Waals surface area contributed by atoms with Crippen molar-refractivity contribution in [3.05, 3.63) is 23.3 Å². The highest BCUT2D eigenvalue weighted by molar-refractivity contribution is 6.01. The number of fused-ring (bicyclic) bond motifs is 1. The normalized spacial score (nSPS) is 13.9. The minimum Gasteiger partial charge on any atom is -0.492 e. The van der Waals surface area contributed by atoms with E-state index in [9.17, 15) is 9.59 Å². The van der Waals surface area contributed by atoms with Gasteiger partial charge in [-0.2, -0.15) is 0 Å². The lowest BCUT2D eigenvalue weighted by Crippen LogP contribution is -2.24. The molecule has 0 aliphatic carbocycles. The topological polar surface area (TPSA) is 46.6 Å². The van der Waals surface area contributed by atoms with Crippen molar-refractivity contribution in [3.63, 3.8) is 0 Å². The van der Waals surface area contributed by atoms with E-state index in [2.05, 4.69) is 0 Å². The van der Waals surface area contributed by atoms with E-state index in [0.29, 0.717) is 24.3 Å². The van der Waals surface area contributed by atoms with Gasteiger partial charge in [-0.25, -0.2) is 0 Å². The molecule has 1 aromatic rings. The molecule has 90 valence electrons. The molecule has 0 radical (unpaired) electrons. The number of nitrogens with zero attached hydrogens (tertiary/aromatic N) is 1. The maximum atomic E-state index is 11.7. The van der Waals surface area contributed by atoms with Gasteiger partial charge in [0.05, 0.1) is 12.2 Å². The Morgan fingerprint density at radius 1 is 1.41 bits per heavy atom. The Morgan fingerprint density at radius 2 is 2.12 bits per heavy atom. The van der Waals surface area contributed by atoms with E-state index < -0.39 is 0 Å². The van der Waals surface area contributed by atoms with Crippen LogP contribution in [0.15, 0.2) is 12.1 Å². The first-order valence-corrected chi connectivity index (χ1v) is 5.55. The third kappa shape index (κ3) is 2.02. The molecule has 2 rings (SSSR count). The quantitative estimate of drug-likeness (QED) is 0.744. The number of aryl methyl sites for hydroxylation is 1. The van der Waals surface area contributed by atoms with Gasteiger partial charge in [0.25, 0.3) is 0 Å². The molecule has 1 aliphatic rings. The first-order chi connectivity index (χ1) is 8.00. The zero-order valence-corrected chi connectivity index (χ0v) is 10.2. The van der Waals surface area contributed by atoms with Crippen LogP contribution in [-0.4, -0.2) is 25.3 Å². The number of hydrogen-bond acceptors (Lipinski definition) is 3. The summed E-state index contributed by atoms with van der Waals surface area (Å²) in [7, 11) is 1.71. The largest absolute Gasteiger partial charge is 0.492 e. The van der Waals surface area contributed by atoms with Crippen LogP contribution >= 0.6 is 0 Å². The van der Waals surface area contributed by atoms with Crippen molar-refractivity contribution >= 4 is 17.4 Å². The van der Waals surface area contributed by atoms with Crippen LogP contribution < -0.4 is 9.64 Å². The number of ketones is 1. The minimum atomic E-state index is -0.0461. The van der Waals surface area contributed by atoms with E-state index >= 15 is 0 Å². The molecule has 17 heavy (non-hydrogen) atoms. The number of anilines is 1. The smallest absolute Gasteiger partial charge is 0.223 e. The molecule has 4 heteroatoms. The molecule has 1 heterocycles. The van der Waals surface area contributed by atoms with Crippen molar-refractivity contribution in [1.29, 1.82) is 0 Å². The van der Waals surface area contributed by atoms with Crippen LogP contribution in [0, 0.1) is 6.92 Å². The molecular weight excluding hydrogens is 218 g/mol. The minimum absolute atomic E-state index is 0.0461. The molecule has 0 saturated carbocycles. The number of Topliss-reactive ketones (excluding diaryl/α,β-unsaturated/α-hetero) is 1. The molecule has 4 nitrogen and oxygen atoms in total. The molecule has 0 saturated heterocycles. The van der Waals surface area contributed by atoms with E-state index in [1.54, 1.807) is 24.1 Å². The van der Waals surface area contributed by atoms with E-state index in [-0.39, 0.29) is 11.7 Å². The Bertz CT molecular complexity index is 494. The monoisotopic (exact) mass is 233 g/mol. The molecule has 0 N–H and O–H groups in total. The number of ether oxygens (including phenoxy) is 1. The molecule has 0 unspecified atom stereocenters. The summed E-state index contributed by atoms with van der Waals surface area (Å²) in [5.41, 5.74) is 2.31. The maximum absolute atomic E-state index is 11.7. The van der Waals surface area contributed by atoms with Gasteiger partial charge in [-0.3, -0.25) is 9.59 Å². The highest BCUT2D eigenvalue weighted by Crippen LogP contribution is 2.32. The van der Waals surface area contributed by atoms with Gasteiger partial charge < -0.3 is 9.64 Å². The van der Waals surface area contributed by atoms with Gasteiger partial charge in [0, 0.05) is 32.1 Å². The second-order valence-electron chi connectivity index (χ2n) is 4.23. The lowest BCUT2D eigenvalue weighted by molar-refractivity contribution is -0.116. The number of carbonyl (C=O) groups is 2. The highest BCUT2D eigenvalue weighted by atomic mass is 16.5.